The molecule has 1 atom stereocenters. The number of aryl methyl sites for hydroxylation is 1. The molecule has 100 valence electrons. The third-order valence-electron chi connectivity index (χ3n) is 2.66. The molecule has 3 heteroatoms. The van der Waals surface area contributed by atoms with Crippen LogP contribution in [-0.4, -0.2) is 11.9 Å². The molecule has 2 N–H and O–H groups in total. The second kappa shape index (κ2) is 6.01. The second-order valence-corrected chi connectivity index (χ2v) is 6.13. The molecule has 0 spiro atoms. The van der Waals surface area contributed by atoms with E-state index in [0.717, 1.165) is 12.0 Å². The van der Waals surface area contributed by atoms with E-state index < -0.39 is 0 Å². The van der Waals surface area contributed by atoms with Crippen molar-refractivity contribution in [2.24, 2.45) is 5.41 Å². The highest BCUT2D eigenvalue weighted by atomic mass is 16.2. The number of carbonyl (C=O) groups is 1. The molecule has 0 saturated heterocycles. The number of benzene rings is 1. The minimum absolute atomic E-state index is 0.0873. The molecular formula is C15H24N2O. The summed E-state index contributed by atoms with van der Waals surface area (Å²) in [5.74, 6) is -0.0873. The number of rotatable bonds is 4. The normalized spacial score (nSPS) is 13.2. The summed E-state index contributed by atoms with van der Waals surface area (Å²) < 4.78 is 0. The Morgan fingerprint density at radius 3 is 2.28 bits per heavy atom. The average Bonchev–Trinajstić information content (AvgIpc) is 2.24. The number of hydrogen-bond acceptors (Lipinski definition) is 2. The van der Waals surface area contributed by atoms with Gasteiger partial charge in [0.1, 0.15) is 0 Å². The molecule has 18 heavy (non-hydrogen) atoms. The van der Waals surface area contributed by atoms with Crippen molar-refractivity contribution in [1.82, 2.24) is 10.9 Å². The van der Waals surface area contributed by atoms with Crippen molar-refractivity contribution >= 4 is 5.91 Å². The van der Waals surface area contributed by atoms with Crippen LogP contribution in [0.4, 0.5) is 0 Å². The molecule has 1 aromatic rings. The number of amides is 1. The molecule has 0 saturated carbocycles. The summed E-state index contributed by atoms with van der Waals surface area (Å²) in [6, 6.07) is 7.79. The molecular weight excluding hydrogens is 224 g/mol. The topological polar surface area (TPSA) is 41.1 Å². The van der Waals surface area contributed by atoms with Gasteiger partial charge >= 0.3 is 0 Å². The summed E-state index contributed by atoms with van der Waals surface area (Å²) in [7, 11) is 0. The molecule has 1 unspecified atom stereocenters. The summed E-state index contributed by atoms with van der Waals surface area (Å²) in [6.45, 7) is 10.6. The lowest BCUT2D eigenvalue weighted by molar-refractivity contribution is 0.0921. The van der Waals surface area contributed by atoms with Crippen LogP contribution >= 0.6 is 0 Å². The SMILES string of the molecule is Cc1ccc(C(=O)NNC(C)CC(C)(C)C)cc1. The van der Waals surface area contributed by atoms with E-state index in [9.17, 15) is 4.79 Å². The standard InChI is InChI=1S/C15H24N2O/c1-11-6-8-13(9-7-11)14(18)17-16-12(2)10-15(3,4)5/h6-9,12,16H,10H2,1-5H3,(H,17,18). The van der Waals surface area contributed by atoms with E-state index in [4.69, 9.17) is 0 Å². The third kappa shape index (κ3) is 5.32. The van der Waals surface area contributed by atoms with Gasteiger partial charge in [0.25, 0.3) is 5.91 Å². The maximum Gasteiger partial charge on any atom is 0.265 e. The molecule has 1 amide bonds. The minimum Gasteiger partial charge on any atom is -0.287 e. The molecule has 1 aromatic carbocycles. The Labute approximate surface area is 110 Å². The zero-order valence-corrected chi connectivity index (χ0v) is 12.0. The Bertz CT molecular complexity index is 390. The Hall–Kier alpha value is -1.35. The van der Waals surface area contributed by atoms with Gasteiger partial charge < -0.3 is 0 Å². The van der Waals surface area contributed by atoms with E-state index in [1.807, 2.05) is 31.2 Å². The molecule has 0 aliphatic heterocycles. The molecule has 0 aliphatic rings. The zero-order valence-electron chi connectivity index (χ0n) is 12.0. The van der Waals surface area contributed by atoms with Crippen LogP contribution in [0.25, 0.3) is 0 Å². The van der Waals surface area contributed by atoms with Crippen LogP contribution in [0.15, 0.2) is 24.3 Å². The summed E-state index contributed by atoms with van der Waals surface area (Å²) in [5, 5.41) is 0. The molecule has 0 radical (unpaired) electrons. The number of nitrogens with one attached hydrogen (secondary N) is 2. The van der Waals surface area contributed by atoms with Crippen LogP contribution in [0.3, 0.4) is 0 Å². The Balaban J connectivity index is 2.44. The van der Waals surface area contributed by atoms with Gasteiger partial charge in [0.2, 0.25) is 0 Å². The second-order valence-electron chi connectivity index (χ2n) is 6.13. The van der Waals surface area contributed by atoms with Crippen molar-refractivity contribution in [3.8, 4) is 0 Å². The van der Waals surface area contributed by atoms with Crippen LogP contribution < -0.4 is 10.9 Å². The Kier molecular flexibility index (Phi) is 4.91. The van der Waals surface area contributed by atoms with E-state index in [0.29, 0.717) is 5.56 Å². The smallest absolute Gasteiger partial charge is 0.265 e. The summed E-state index contributed by atoms with van der Waals surface area (Å²) in [5.41, 5.74) is 7.89. The van der Waals surface area contributed by atoms with Gasteiger partial charge in [-0.1, -0.05) is 38.5 Å². The average molecular weight is 248 g/mol. The van der Waals surface area contributed by atoms with Crippen molar-refractivity contribution < 1.29 is 4.79 Å². The molecule has 0 aliphatic carbocycles. The zero-order chi connectivity index (χ0) is 13.8. The van der Waals surface area contributed by atoms with Gasteiger partial charge in [0.15, 0.2) is 0 Å². The highest BCUT2D eigenvalue weighted by Gasteiger charge is 2.15. The van der Waals surface area contributed by atoms with Gasteiger partial charge in [0.05, 0.1) is 0 Å². The van der Waals surface area contributed by atoms with Crippen molar-refractivity contribution in [3.63, 3.8) is 0 Å². The van der Waals surface area contributed by atoms with Crippen LogP contribution in [-0.2, 0) is 0 Å². The lowest BCUT2D eigenvalue weighted by atomic mass is 9.89. The molecule has 0 heterocycles. The number of hydrazine groups is 1. The Morgan fingerprint density at radius 1 is 1.22 bits per heavy atom. The number of carbonyl (C=O) groups excluding carboxylic acids is 1. The number of hydrogen-bond donors (Lipinski definition) is 2. The fourth-order valence-electron chi connectivity index (χ4n) is 1.94. The Morgan fingerprint density at radius 2 is 1.78 bits per heavy atom. The minimum atomic E-state index is -0.0873. The van der Waals surface area contributed by atoms with Crippen LogP contribution in [0, 0.1) is 12.3 Å². The van der Waals surface area contributed by atoms with E-state index in [1.165, 1.54) is 0 Å². The molecule has 0 fully saturated rings. The molecule has 3 nitrogen and oxygen atoms in total. The lowest BCUT2D eigenvalue weighted by Crippen LogP contribution is -2.44. The van der Waals surface area contributed by atoms with Crippen LogP contribution in [0.1, 0.15) is 50.0 Å². The van der Waals surface area contributed by atoms with E-state index in [2.05, 4.69) is 38.5 Å². The maximum atomic E-state index is 11.9. The molecule has 1 rings (SSSR count). The highest BCUT2D eigenvalue weighted by Crippen LogP contribution is 2.20. The predicted molar refractivity (Wildman–Crippen MR) is 75.3 cm³/mol. The van der Waals surface area contributed by atoms with Gasteiger partial charge in [-0.3, -0.25) is 10.2 Å². The molecule has 0 bridgehead atoms. The first-order chi connectivity index (χ1) is 8.28. The van der Waals surface area contributed by atoms with Crippen molar-refractivity contribution in [2.75, 3.05) is 0 Å². The van der Waals surface area contributed by atoms with Gasteiger partial charge in [-0.25, -0.2) is 5.43 Å². The predicted octanol–water partition coefficient (Wildman–Crippen LogP) is 3.05. The van der Waals surface area contributed by atoms with Crippen molar-refractivity contribution in [3.05, 3.63) is 35.4 Å². The fourth-order valence-corrected chi connectivity index (χ4v) is 1.94. The first-order valence-corrected chi connectivity index (χ1v) is 6.40. The lowest BCUT2D eigenvalue weighted by Gasteiger charge is -2.24. The largest absolute Gasteiger partial charge is 0.287 e. The fraction of sp³-hybridized carbons (Fsp3) is 0.533. The van der Waals surface area contributed by atoms with Crippen LogP contribution in [0.2, 0.25) is 0 Å². The van der Waals surface area contributed by atoms with E-state index in [-0.39, 0.29) is 17.4 Å². The van der Waals surface area contributed by atoms with Crippen LogP contribution in [0.5, 0.6) is 0 Å². The van der Waals surface area contributed by atoms with Gasteiger partial charge in [0, 0.05) is 11.6 Å². The van der Waals surface area contributed by atoms with Crippen molar-refractivity contribution in [2.45, 2.75) is 47.1 Å². The molecule has 0 aromatic heterocycles. The van der Waals surface area contributed by atoms with E-state index >= 15 is 0 Å². The summed E-state index contributed by atoms with van der Waals surface area (Å²) in [6.07, 6.45) is 1.00. The van der Waals surface area contributed by atoms with Gasteiger partial charge in [-0.15, -0.1) is 0 Å². The summed E-state index contributed by atoms with van der Waals surface area (Å²) >= 11 is 0. The monoisotopic (exact) mass is 248 g/mol. The summed E-state index contributed by atoms with van der Waals surface area (Å²) in [4.78, 5) is 11.9. The third-order valence-corrected chi connectivity index (χ3v) is 2.66. The van der Waals surface area contributed by atoms with Crippen molar-refractivity contribution in [1.29, 1.82) is 0 Å². The first-order valence-electron chi connectivity index (χ1n) is 6.40. The quantitative estimate of drug-likeness (QED) is 0.804. The van der Waals surface area contributed by atoms with Gasteiger partial charge in [-0.2, -0.15) is 0 Å². The van der Waals surface area contributed by atoms with E-state index in [1.54, 1.807) is 0 Å². The maximum absolute atomic E-state index is 11.9. The van der Waals surface area contributed by atoms with Gasteiger partial charge in [-0.05, 0) is 37.8 Å². The highest BCUT2D eigenvalue weighted by molar-refractivity contribution is 5.93. The first kappa shape index (κ1) is 14.7.